The summed E-state index contributed by atoms with van der Waals surface area (Å²) in [5, 5.41) is 3.03. The molecule has 112 valence electrons. The second-order valence-corrected chi connectivity index (χ2v) is 4.49. The Labute approximate surface area is 120 Å². The molecular weight excluding hydrogens is 281 g/mol. The van der Waals surface area contributed by atoms with Gasteiger partial charge in [-0.05, 0) is 37.2 Å². The molecule has 1 atom stereocenters. The number of nitrogens with zero attached hydrogens (tertiary/aromatic N) is 1. The van der Waals surface area contributed by atoms with Gasteiger partial charge < -0.3 is 10.1 Å². The SMILES string of the molecule is CNC(Cc1ccncc1)c1ccccc1OC(F)(F)F. The molecule has 1 N–H and O–H groups in total. The lowest BCUT2D eigenvalue weighted by molar-refractivity contribution is -0.275. The Bertz CT molecular complexity index is 573. The molecule has 0 saturated carbocycles. The van der Waals surface area contributed by atoms with Crippen molar-refractivity contribution in [1.82, 2.24) is 10.3 Å². The Kier molecular flexibility index (Phi) is 4.80. The molecule has 2 aromatic rings. The van der Waals surface area contributed by atoms with Crippen LogP contribution in [0.1, 0.15) is 17.2 Å². The number of aromatic nitrogens is 1. The topological polar surface area (TPSA) is 34.2 Å². The van der Waals surface area contributed by atoms with Crippen LogP contribution in [0, 0.1) is 0 Å². The van der Waals surface area contributed by atoms with Crippen molar-refractivity contribution in [3.8, 4) is 5.75 Å². The van der Waals surface area contributed by atoms with E-state index in [2.05, 4.69) is 15.0 Å². The first-order chi connectivity index (χ1) is 9.99. The first-order valence-corrected chi connectivity index (χ1v) is 6.40. The maximum atomic E-state index is 12.5. The van der Waals surface area contributed by atoms with Crippen LogP contribution < -0.4 is 10.1 Å². The van der Waals surface area contributed by atoms with E-state index in [1.54, 1.807) is 31.6 Å². The van der Waals surface area contributed by atoms with Gasteiger partial charge in [0.05, 0.1) is 0 Å². The molecule has 3 nitrogen and oxygen atoms in total. The number of halogens is 3. The van der Waals surface area contributed by atoms with Gasteiger partial charge in [0.25, 0.3) is 0 Å². The molecule has 0 spiro atoms. The summed E-state index contributed by atoms with van der Waals surface area (Å²) in [6.07, 6.45) is -0.858. The first-order valence-electron chi connectivity index (χ1n) is 6.40. The molecule has 0 aliphatic carbocycles. The van der Waals surface area contributed by atoms with E-state index in [0.29, 0.717) is 12.0 Å². The second-order valence-electron chi connectivity index (χ2n) is 4.49. The summed E-state index contributed by atoms with van der Waals surface area (Å²) in [5.74, 6) is -0.182. The molecule has 0 aliphatic heterocycles. The minimum Gasteiger partial charge on any atom is -0.405 e. The van der Waals surface area contributed by atoms with Gasteiger partial charge in [-0.15, -0.1) is 13.2 Å². The normalized spacial score (nSPS) is 13.0. The lowest BCUT2D eigenvalue weighted by Crippen LogP contribution is -2.23. The van der Waals surface area contributed by atoms with Crippen LogP contribution in [-0.2, 0) is 6.42 Å². The number of hydrogen-bond acceptors (Lipinski definition) is 3. The Morgan fingerprint density at radius 3 is 2.43 bits per heavy atom. The van der Waals surface area contributed by atoms with Crippen LogP contribution in [0.2, 0.25) is 0 Å². The average molecular weight is 296 g/mol. The van der Waals surface area contributed by atoms with Gasteiger partial charge >= 0.3 is 6.36 Å². The number of rotatable bonds is 5. The summed E-state index contributed by atoms with van der Waals surface area (Å²) in [6.45, 7) is 0. The largest absolute Gasteiger partial charge is 0.573 e. The van der Waals surface area contributed by atoms with Gasteiger partial charge in [0.1, 0.15) is 5.75 Å². The maximum Gasteiger partial charge on any atom is 0.573 e. The van der Waals surface area contributed by atoms with Gasteiger partial charge in [0.2, 0.25) is 0 Å². The number of nitrogens with one attached hydrogen (secondary N) is 1. The highest BCUT2D eigenvalue weighted by Gasteiger charge is 2.32. The van der Waals surface area contributed by atoms with E-state index in [-0.39, 0.29) is 11.8 Å². The second kappa shape index (κ2) is 6.58. The van der Waals surface area contributed by atoms with Crippen molar-refractivity contribution in [2.75, 3.05) is 7.05 Å². The highest BCUT2D eigenvalue weighted by molar-refractivity contribution is 5.37. The van der Waals surface area contributed by atoms with Crippen LogP contribution in [0.5, 0.6) is 5.75 Å². The number of para-hydroxylation sites is 1. The summed E-state index contributed by atoms with van der Waals surface area (Å²) < 4.78 is 41.5. The first kappa shape index (κ1) is 15.3. The summed E-state index contributed by atoms with van der Waals surface area (Å²) in [5.41, 5.74) is 1.44. The lowest BCUT2D eigenvalue weighted by Gasteiger charge is -2.20. The molecular formula is C15H15F3N2O. The van der Waals surface area contributed by atoms with Crippen molar-refractivity contribution < 1.29 is 17.9 Å². The van der Waals surface area contributed by atoms with Crippen LogP contribution in [0.4, 0.5) is 13.2 Å². The Morgan fingerprint density at radius 1 is 1.14 bits per heavy atom. The molecule has 0 aliphatic rings. The number of ether oxygens (including phenoxy) is 1. The van der Waals surface area contributed by atoms with E-state index in [9.17, 15) is 13.2 Å². The van der Waals surface area contributed by atoms with Crippen molar-refractivity contribution in [3.05, 3.63) is 59.9 Å². The molecule has 0 fully saturated rings. The lowest BCUT2D eigenvalue weighted by atomic mass is 9.99. The molecule has 0 saturated heterocycles. The zero-order chi connectivity index (χ0) is 15.3. The van der Waals surface area contributed by atoms with E-state index in [1.165, 1.54) is 12.1 Å². The smallest absolute Gasteiger partial charge is 0.405 e. The molecule has 1 heterocycles. The van der Waals surface area contributed by atoms with Gasteiger partial charge in [0, 0.05) is 24.0 Å². The Morgan fingerprint density at radius 2 is 1.81 bits per heavy atom. The van der Waals surface area contributed by atoms with Crippen LogP contribution in [0.3, 0.4) is 0 Å². The molecule has 0 radical (unpaired) electrons. The standard InChI is InChI=1S/C15H15F3N2O/c1-19-13(10-11-6-8-20-9-7-11)12-4-2-3-5-14(12)21-15(16,17)18/h2-9,13,19H,10H2,1H3. The highest BCUT2D eigenvalue weighted by Crippen LogP contribution is 2.31. The quantitative estimate of drug-likeness (QED) is 0.917. The summed E-state index contributed by atoms with van der Waals surface area (Å²) in [6, 6.07) is 9.53. The van der Waals surface area contributed by atoms with Crippen LogP contribution >= 0.6 is 0 Å². The summed E-state index contributed by atoms with van der Waals surface area (Å²) in [4.78, 5) is 3.92. The van der Waals surface area contributed by atoms with Gasteiger partial charge in [-0.25, -0.2) is 0 Å². The number of alkyl halides is 3. The van der Waals surface area contributed by atoms with Gasteiger partial charge in [0.15, 0.2) is 0 Å². The fourth-order valence-corrected chi connectivity index (χ4v) is 2.11. The molecule has 0 amide bonds. The Hall–Kier alpha value is -2.08. The number of benzene rings is 1. The van der Waals surface area contributed by atoms with Gasteiger partial charge in [-0.3, -0.25) is 4.98 Å². The molecule has 1 aromatic carbocycles. The molecule has 1 aromatic heterocycles. The van der Waals surface area contributed by atoms with Crippen LogP contribution in [0.25, 0.3) is 0 Å². The third kappa shape index (κ3) is 4.46. The fourth-order valence-electron chi connectivity index (χ4n) is 2.11. The van der Waals surface area contributed by atoms with Crippen molar-refractivity contribution in [2.24, 2.45) is 0 Å². The highest BCUT2D eigenvalue weighted by atomic mass is 19.4. The average Bonchev–Trinajstić information content (AvgIpc) is 2.45. The van der Waals surface area contributed by atoms with Crippen molar-refractivity contribution >= 4 is 0 Å². The molecule has 1 unspecified atom stereocenters. The number of pyridine rings is 1. The van der Waals surface area contributed by atoms with Crippen molar-refractivity contribution in [3.63, 3.8) is 0 Å². The predicted molar refractivity (Wildman–Crippen MR) is 72.9 cm³/mol. The van der Waals surface area contributed by atoms with Gasteiger partial charge in [-0.2, -0.15) is 0 Å². The minimum atomic E-state index is -4.70. The summed E-state index contributed by atoms with van der Waals surface area (Å²) in [7, 11) is 1.70. The van der Waals surface area contributed by atoms with Crippen LogP contribution in [-0.4, -0.2) is 18.4 Å². The number of hydrogen-bond donors (Lipinski definition) is 1. The Balaban J connectivity index is 2.26. The maximum absolute atomic E-state index is 12.5. The van der Waals surface area contributed by atoms with Crippen LogP contribution in [0.15, 0.2) is 48.8 Å². The zero-order valence-electron chi connectivity index (χ0n) is 11.4. The van der Waals surface area contributed by atoms with E-state index >= 15 is 0 Å². The minimum absolute atomic E-state index is 0.182. The van der Waals surface area contributed by atoms with Crippen molar-refractivity contribution in [1.29, 1.82) is 0 Å². The van der Waals surface area contributed by atoms with Crippen molar-refractivity contribution in [2.45, 2.75) is 18.8 Å². The monoisotopic (exact) mass is 296 g/mol. The van der Waals surface area contributed by atoms with Gasteiger partial charge in [-0.1, -0.05) is 18.2 Å². The third-order valence-corrected chi connectivity index (χ3v) is 3.06. The van der Waals surface area contributed by atoms with E-state index in [4.69, 9.17) is 0 Å². The molecule has 2 rings (SSSR count). The molecule has 0 bridgehead atoms. The molecule has 6 heteroatoms. The summed E-state index contributed by atoms with van der Waals surface area (Å²) >= 11 is 0. The fraction of sp³-hybridized carbons (Fsp3) is 0.267. The number of likely N-dealkylation sites (N-methyl/N-ethyl adjacent to an activating group) is 1. The van der Waals surface area contributed by atoms with E-state index in [0.717, 1.165) is 5.56 Å². The van der Waals surface area contributed by atoms with E-state index < -0.39 is 6.36 Å². The van der Waals surface area contributed by atoms with E-state index in [1.807, 2.05) is 12.1 Å². The predicted octanol–water partition coefficient (Wildman–Crippen LogP) is 3.48. The zero-order valence-corrected chi connectivity index (χ0v) is 11.4. The molecule has 21 heavy (non-hydrogen) atoms. The third-order valence-electron chi connectivity index (χ3n) is 3.06.